The van der Waals surface area contributed by atoms with Crippen LogP contribution < -0.4 is 5.32 Å². The van der Waals surface area contributed by atoms with Gasteiger partial charge in [-0.05, 0) is 35.4 Å². The largest absolute Gasteiger partial charge is 0.389 e. The van der Waals surface area contributed by atoms with Crippen LogP contribution in [0.1, 0.15) is 17.2 Å². The Morgan fingerprint density at radius 3 is 2.18 bits per heavy atom. The Kier molecular flexibility index (Phi) is 6.34. The zero-order valence-electron chi connectivity index (χ0n) is 12.3. The second kappa shape index (κ2) is 8.25. The zero-order valence-corrected chi connectivity index (χ0v) is 13.1. The van der Waals surface area contributed by atoms with Crippen LogP contribution in [0.15, 0.2) is 48.5 Å². The molecule has 5 heteroatoms. The summed E-state index contributed by atoms with van der Waals surface area (Å²) < 4.78 is 18.0. The molecular weight excluding hydrogens is 305 g/mol. The van der Waals surface area contributed by atoms with Crippen molar-refractivity contribution in [1.82, 2.24) is 5.32 Å². The minimum Gasteiger partial charge on any atom is -0.389 e. The minimum atomic E-state index is -0.611. The topological polar surface area (TPSA) is 41.5 Å². The molecule has 0 aliphatic rings. The first kappa shape index (κ1) is 16.9. The molecule has 0 heterocycles. The van der Waals surface area contributed by atoms with E-state index in [1.165, 1.54) is 12.1 Å². The highest BCUT2D eigenvalue weighted by atomic mass is 35.5. The maximum absolute atomic E-state index is 13.1. The molecule has 0 aromatic heterocycles. The summed E-state index contributed by atoms with van der Waals surface area (Å²) in [4.78, 5) is 0. The van der Waals surface area contributed by atoms with Crippen LogP contribution in [0.5, 0.6) is 0 Å². The Morgan fingerprint density at radius 2 is 1.64 bits per heavy atom. The summed E-state index contributed by atoms with van der Waals surface area (Å²) in [7, 11) is 1.54. The lowest BCUT2D eigenvalue weighted by Gasteiger charge is -2.22. The minimum absolute atomic E-state index is 0.163. The lowest BCUT2D eigenvalue weighted by atomic mass is 9.98. The van der Waals surface area contributed by atoms with E-state index in [4.69, 9.17) is 16.3 Å². The quantitative estimate of drug-likeness (QED) is 0.822. The van der Waals surface area contributed by atoms with E-state index in [0.29, 0.717) is 11.6 Å². The van der Waals surface area contributed by atoms with Crippen molar-refractivity contribution in [2.45, 2.75) is 12.1 Å². The van der Waals surface area contributed by atoms with Crippen LogP contribution in [0.25, 0.3) is 0 Å². The van der Waals surface area contributed by atoms with Gasteiger partial charge in [0.2, 0.25) is 0 Å². The van der Waals surface area contributed by atoms with Gasteiger partial charge in [-0.3, -0.25) is 0 Å². The summed E-state index contributed by atoms with van der Waals surface area (Å²) in [5.74, 6) is -0.280. The summed E-state index contributed by atoms with van der Waals surface area (Å²) in [6.07, 6.45) is -0.611. The van der Waals surface area contributed by atoms with Gasteiger partial charge in [-0.2, -0.15) is 0 Å². The van der Waals surface area contributed by atoms with Crippen molar-refractivity contribution in [3.63, 3.8) is 0 Å². The van der Waals surface area contributed by atoms with Crippen molar-refractivity contribution in [2.24, 2.45) is 0 Å². The van der Waals surface area contributed by atoms with Crippen LogP contribution in [0.4, 0.5) is 4.39 Å². The SMILES string of the molecule is COCC(O)CNC(c1ccc(F)cc1)c1ccc(Cl)cc1. The highest BCUT2D eigenvalue weighted by molar-refractivity contribution is 6.30. The third kappa shape index (κ3) is 4.78. The summed E-state index contributed by atoms with van der Waals surface area (Å²) in [5, 5.41) is 13.7. The smallest absolute Gasteiger partial charge is 0.123 e. The number of rotatable bonds is 7. The van der Waals surface area contributed by atoms with Crippen LogP contribution >= 0.6 is 11.6 Å². The fourth-order valence-electron chi connectivity index (χ4n) is 2.24. The molecule has 0 radical (unpaired) electrons. The maximum Gasteiger partial charge on any atom is 0.123 e. The van der Waals surface area contributed by atoms with E-state index in [1.807, 2.05) is 12.1 Å². The van der Waals surface area contributed by atoms with Crippen molar-refractivity contribution in [2.75, 3.05) is 20.3 Å². The summed E-state index contributed by atoms with van der Waals surface area (Å²) >= 11 is 5.93. The maximum atomic E-state index is 13.1. The Morgan fingerprint density at radius 1 is 1.09 bits per heavy atom. The predicted molar refractivity (Wildman–Crippen MR) is 85.6 cm³/mol. The average Bonchev–Trinajstić information content (AvgIpc) is 2.51. The summed E-state index contributed by atoms with van der Waals surface area (Å²) in [5.41, 5.74) is 1.90. The molecule has 2 aromatic carbocycles. The van der Waals surface area contributed by atoms with Crippen LogP contribution in [0, 0.1) is 5.82 Å². The van der Waals surface area contributed by atoms with Crippen LogP contribution in [0.3, 0.4) is 0 Å². The van der Waals surface area contributed by atoms with Crippen molar-refractivity contribution in [1.29, 1.82) is 0 Å². The first-order valence-electron chi connectivity index (χ1n) is 7.01. The predicted octanol–water partition coefficient (Wildman–Crippen LogP) is 3.17. The molecule has 0 saturated carbocycles. The Balaban J connectivity index is 2.20. The van der Waals surface area contributed by atoms with E-state index in [1.54, 1.807) is 31.4 Å². The Labute approximate surface area is 134 Å². The molecule has 2 unspecified atom stereocenters. The van der Waals surface area contributed by atoms with Crippen molar-refractivity contribution in [3.05, 3.63) is 70.5 Å². The highest BCUT2D eigenvalue weighted by Crippen LogP contribution is 2.24. The van der Waals surface area contributed by atoms with Gasteiger partial charge < -0.3 is 15.2 Å². The number of hydrogen-bond acceptors (Lipinski definition) is 3. The molecule has 0 aliphatic carbocycles. The number of ether oxygens (including phenoxy) is 1. The summed E-state index contributed by atoms with van der Waals surface area (Å²) in [6, 6.07) is 13.6. The van der Waals surface area contributed by atoms with E-state index in [9.17, 15) is 9.50 Å². The summed E-state index contributed by atoms with van der Waals surface area (Å²) in [6.45, 7) is 0.613. The molecule has 2 aromatic rings. The molecule has 2 atom stereocenters. The number of methoxy groups -OCH3 is 1. The van der Waals surface area contributed by atoms with Gasteiger partial charge in [-0.25, -0.2) is 4.39 Å². The van der Waals surface area contributed by atoms with Crippen molar-refractivity contribution >= 4 is 11.6 Å². The fraction of sp³-hybridized carbons (Fsp3) is 0.294. The molecular formula is C17H19ClFNO2. The number of aliphatic hydroxyl groups excluding tert-OH is 1. The first-order chi connectivity index (χ1) is 10.6. The fourth-order valence-corrected chi connectivity index (χ4v) is 2.37. The van der Waals surface area contributed by atoms with Gasteiger partial charge in [-0.15, -0.1) is 0 Å². The van der Waals surface area contributed by atoms with Crippen LogP contribution in [0.2, 0.25) is 5.02 Å². The third-order valence-corrected chi connectivity index (χ3v) is 3.58. The number of halogens is 2. The van der Waals surface area contributed by atoms with Gasteiger partial charge in [0.05, 0.1) is 18.8 Å². The second-order valence-electron chi connectivity index (χ2n) is 5.05. The second-order valence-corrected chi connectivity index (χ2v) is 5.49. The molecule has 0 spiro atoms. The van der Waals surface area contributed by atoms with Gasteiger partial charge in [0.15, 0.2) is 0 Å². The van der Waals surface area contributed by atoms with Gasteiger partial charge in [0, 0.05) is 18.7 Å². The average molecular weight is 324 g/mol. The van der Waals surface area contributed by atoms with E-state index in [-0.39, 0.29) is 18.5 Å². The molecule has 0 amide bonds. The van der Waals surface area contributed by atoms with E-state index >= 15 is 0 Å². The third-order valence-electron chi connectivity index (χ3n) is 3.32. The van der Waals surface area contributed by atoms with Gasteiger partial charge in [-0.1, -0.05) is 35.9 Å². The zero-order chi connectivity index (χ0) is 15.9. The molecule has 0 bridgehead atoms. The normalized spacial score (nSPS) is 13.8. The van der Waals surface area contributed by atoms with E-state index in [0.717, 1.165) is 11.1 Å². The first-order valence-corrected chi connectivity index (χ1v) is 7.39. The number of nitrogens with one attached hydrogen (secondary N) is 1. The lowest BCUT2D eigenvalue weighted by Crippen LogP contribution is -2.33. The highest BCUT2D eigenvalue weighted by Gasteiger charge is 2.15. The Hall–Kier alpha value is -1.46. The molecule has 3 nitrogen and oxygen atoms in total. The Bertz CT molecular complexity index is 529. The van der Waals surface area contributed by atoms with Gasteiger partial charge >= 0.3 is 0 Å². The molecule has 0 fully saturated rings. The lowest BCUT2D eigenvalue weighted by molar-refractivity contribution is 0.0634. The monoisotopic (exact) mass is 323 g/mol. The standard InChI is InChI=1S/C17H19ClFNO2/c1-22-11-16(21)10-20-17(12-2-6-14(18)7-3-12)13-4-8-15(19)9-5-13/h2-9,16-17,20-21H,10-11H2,1H3. The van der Waals surface area contributed by atoms with Crippen molar-refractivity contribution in [3.8, 4) is 0 Å². The van der Waals surface area contributed by atoms with Crippen LogP contribution in [-0.4, -0.2) is 31.5 Å². The molecule has 2 rings (SSSR count). The van der Waals surface area contributed by atoms with Gasteiger partial charge in [0.1, 0.15) is 5.82 Å². The molecule has 0 saturated heterocycles. The molecule has 118 valence electrons. The van der Waals surface area contributed by atoms with E-state index in [2.05, 4.69) is 5.32 Å². The van der Waals surface area contributed by atoms with Gasteiger partial charge in [0.25, 0.3) is 0 Å². The van der Waals surface area contributed by atoms with Crippen molar-refractivity contribution < 1.29 is 14.2 Å². The number of aliphatic hydroxyl groups is 1. The molecule has 0 aliphatic heterocycles. The molecule has 2 N–H and O–H groups in total. The number of hydrogen-bond donors (Lipinski definition) is 2. The van der Waals surface area contributed by atoms with E-state index < -0.39 is 6.10 Å². The van der Waals surface area contributed by atoms with Crippen LogP contribution in [-0.2, 0) is 4.74 Å². The molecule has 22 heavy (non-hydrogen) atoms. The number of benzene rings is 2.